The number of aromatic nitrogens is 1. The maximum Gasteiger partial charge on any atom is 0.295 e. The number of benzene rings is 2. The van der Waals surface area contributed by atoms with E-state index >= 15 is 0 Å². The summed E-state index contributed by atoms with van der Waals surface area (Å²) in [5.41, 5.74) is 3.15. The Kier molecular flexibility index (Phi) is 8.36. The molecule has 2 aromatic carbocycles. The van der Waals surface area contributed by atoms with Crippen LogP contribution >= 0.6 is 0 Å². The molecule has 1 aliphatic rings. The number of ether oxygens (including phenoxy) is 1. The average molecular weight is 500 g/mol. The van der Waals surface area contributed by atoms with E-state index in [-0.39, 0.29) is 11.3 Å². The Morgan fingerprint density at radius 2 is 1.73 bits per heavy atom. The lowest BCUT2D eigenvalue weighted by Crippen LogP contribution is -2.38. The summed E-state index contributed by atoms with van der Waals surface area (Å²) in [6, 6.07) is 18.0. The van der Waals surface area contributed by atoms with Gasteiger partial charge in [0.2, 0.25) is 0 Å². The standard InChI is InChI=1S/C30H33N3O4/c1-4-32(5-2)17-18-33-27(23-13-15-31-16-14-23)26(29(35)30(33)36)28(34)24-11-12-25(21(3)19-24)37-20-22-9-7-6-8-10-22/h6-16,19,27,34H,4-5,17-18,20H2,1-3H3/b28-26+/t27-/m0/s1. The van der Waals surface area contributed by atoms with Gasteiger partial charge in [-0.05, 0) is 67.0 Å². The van der Waals surface area contributed by atoms with E-state index in [4.69, 9.17) is 4.74 Å². The summed E-state index contributed by atoms with van der Waals surface area (Å²) in [6.45, 7) is 9.14. The molecule has 1 atom stereocenters. The van der Waals surface area contributed by atoms with Gasteiger partial charge in [0.15, 0.2) is 0 Å². The number of aryl methyl sites for hydroxylation is 1. The molecule has 0 unspecified atom stereocenters. The fourth-order valence-corrected chi connectivity index (χ4v) is 4.64. The molecule has 4 rings (SSSR count). The van der Waals surface area contributed by atoms with Crippen LogP contribution in [0, 0.1) is 6.92 Å². The van der Waals surface area contributed by atoms with Crippen molar-refractivity contribution in [3.8, 4) is 5.75 Å². The van der Waals surface area contributed by atoms with Crippen LogP contribution in [0.3, 0.4) is 0 Å². The highest BCUT2D eigenvalue weighted by Gasteiger charge is 2.46. The second-order valence-corrected chi connectivity index (χ2v) is 9.05. The first kappa shape index (κ1) is 26.1. The summed E-state index contributed by atoms with van der Waals surface area (Å²) in [5.74, 6) is -0.787. The number of likely N-dealkylation sites (tertiary alicyclic amines) is 1. The van der Waals surface area contributed by atoms with E-state index in [0.29, 0.717) is 31.0 Å². The molecule has 7 nitrogen and oxygen atoms in total. The van der Waals surface area contributed by atoms with E-state index in [1.165, 1.54) is 0 Å². The zero-order valence-corrected chi connectivity index (χ0v) is 21.6. The van der Waals surface area contributed by atoms with Crippen LogP contribution in [0.4, 0.5) is 0 Å². The molecule has 0 saturated carbocycles. The second kappa shape index (κ2) is 11.8. The van der Waals surface area contributed by atoms with Crippen LogP contribution < -0.4 is 4.74 Å². The highest BCUT2D eigenvalue weighted by Crippen LogP contribution is 2.39. The number of amides is 1. The Morgan fingerprint density at radius 1 is 1.03 bits per heavy atom. The zero-order chi connectivity index (χ0) is 26.4. The van der Waals surface area contributed by atoms with Gasteiger partial charge in [-0.25, -0.2) is 0 Å². The van der Waals surface area contributed by atoms with E-state index in [2.05, 4.69) is 23.7 Å². The number of aliphatic hydroxyl groups excluding tert-OH is 1. The van der Waals surface area contributed by atoms with Crippen molar-refractivity contribution >= 4 is 17.4 Å². The van der Waals surface area contributed by atoms with Gasteiger partial charge >= 0.3 is 0 Å². The molecule has 1 N–H and O–H groups in total. The minimum absolute atomic E-state index is 0.0908. The van der Waals surface area contributed by atoms with Gasteiger partial charge in [0.25, 0.3) is 11.7 Å². The van der Waals surface area contributed by atoms with Gasteiger partial charge in [0, 0.05) is 31.0 Å². The molecule has 1 aliphatic heterocycles. The third kappa shape index (κ3) is 5.73. The molecule has 1 aromatic heterocycles. The highest BCUT2D eigenvalue weighted by molar-refractivity contribution is 6.46. The monoisotopic (exact) mass is 499 g/mol. The smallest absolute Gasteiger partial charge is 0.295 e. The summed E-state index contributed by atoms with van der Waals surface area (Å²) in [4.78, 5) is 34.2. The topological polar surface area (TPSA) is 83.0 Å². The number of Topliss-reactive ketones (excluding diaryl/α,β-unsaturated/α-hetero) is 1. The molecule has 2 heterocycles. The van der Waals surface area contributed by atoms with Crippen molar-refractivity contribution in [1.29, 1.82) is 0 Å². The van der Waals surface area contributed by atoms with Crippen molar-refractivity contribution in [2.45, 2.75) is 33.4 Å². The minimum Gasteiger partial charge on any atom is -0.507 e. The van der Waals surface area contributed by atoms with Gasteiger partial charge in [0.05, 0.1) is 11.6 Å². The van der Waals surface area contributed by atoms with Gasteiger partial charge in [-0.15, -0.1) is 0 Å². The van der Waals surface area contributed by atoms with Crippen LogP contribution in [-0.4, -0.2) is 57.8 Å². The Morgan fingerprint density at radius 3 is 2.38 bits per heavy atom. The lowest BCUT2D eigenvalue weighted by Gasteiger charge is -2.28. The quantitative estimate of drug-likeness (QED) is 0.247. The molecule has 0 radical (unpaired) electrons. The molecule has 1 fully saturated rings. The summed E-state index contributed by atoms with van der Waals surface area (Å²) < 4.78 is 5.97. The number of ketones is 1. The first-order valence-corrected chi connectivity index (χ1v) is 12.6. The van der Waals surface area contributed by atoms with Gasteiger partial charge in [0.1, 0.15) is 18.1 Å². The van der Waals surface area contributed by atoms with Crippen LogP contribution in [-0.2, 0) is 16.2 Å². The van der Waals surface area contributed by atoms with Crippen molar-refractivity contribution in [2.75, 3.05) is 26.2 Å². The van der Waals surface area contributed by atoms with Gasteiger partial charge in [-0.2, -0.15) is 0 Å². The lowest BCUT2D eigenvalue weighted by molar-refractivity contribution is -0.140. The van der Waals surface area contributed by atoms with Gasteiger partial charge in [-0.1, -0.05) is 44.2 Å². The number of rotatable bonds is 10. The number of hydrogen-bond donors (Lipinski definition) is 1. The first-order valence-electron chi connectivity index (χ1n) is 12.6. The Labute approximate surface area is 218 Å². The molecule has 1 amide bonds. The average Bonchev–Trinajstić information content (AvgIpc) is 3.18. The van der Waals surface area contributed by atoms with Crippen molar-refractivity contribution in [1.82, 2.24) is 14.8 Å². The van der Waals surface area contributed by atoms with Crippen molar-refractivity contribution in [3.63, 3.8) is 0 Å². The Hall–Kier alpha value is -3.97. The summed E-state index contributed by atoms with van der Waals surface area (Å²) in [6.07, 6.45) is 3.26. The fourth-order valence-electron chi connectivity index (χ4n) is 4.64. The molecule has 37 heavy (non-hydrogen) atoms. The Balaban J connectivity index is 1.66. The lowest BCUT2D eigenvalue weighted by atomic mass is 9.95. The number of carbonyl (C=O) groups is 2. The SMILES string of the molecule is CCN(CC)CCN1C(=O)C(=O)/C(=C(/O)c2ccc(OCc3ccccc3)c(C)c2)[C@@H]1c1ccncc1. The fraction of sp³-hybridized carbons (Fsp3) is 0.300. The van der Waals surface area contributed by atoms with E-state index in [1.807, 2.05) is 37.3 Å². The zero-order valence-electron chi connectivity index (χ0n) is 21.6. The second-order valence-electron chi connectivity index (χ2n) is 9.05. The number of likely N-dealkylation sites (N-methyl/N-ethyl adjacent to an activating group) is 1. The third-order valence-electron chi connectivity index (χ3n) is 6.80. The van der Waals surface area contributed by atoms with E-state index in [0.717, 1.165) is 29.8 Å². The van der Waals surface area contributed by atoms with Crippen molar-refractivity contribution < 1.29 is 19.4 Å². The molecular weight excluding hydrogens is 466 g/mol. The molecule has 0 aliphatic carbocycles. The summed E-state index contributed by atoms with van der Waals surface area (Å²) in [5, 5.41) is 11.4. The molecule has 0 bridgehead atoms. The Bertz CT molecular complexity index is 1270. The molecular formula is C30H33N3O4. The first-order chi connectivity index (χ1) is 17.9. The largest absolute Gasteiger partial charge is 0.507 e. The number of aliphatic hydroxyl groups is 1. The predicted molar refractivity (Wildman–Crippen MR) is 143 cm³/mol. The number of hydrogen-bond acceptors (Lipinski definition) is 6. The summed E-state index contributed by atoms with van der Waals surface area (Å²) in [7, 11) is 0. The molecule has 0 spiro atoms. The van der Waals surface area contributed by atoms with Crippen molar-refractivity contribution in [3.05, 3.63) is 101 Å². The van der Waals surface area contributed by atoms with Crippen LogP contribution in [0.1, 0.15) is 42.1 Å². The molecule has 192 valence electrons. The minimum atomic E-state index is -0.687. The van der Waals surface area contributed by atoms with Crippen LogP contribution in [0.5, 0.6) is 5.75 Å². The van der Waals surface area contributed by atoms with Crippen LogP contribution in [0.15, 0.2) is 78.6 Å². The maximum atomic E-state index is 13.2. The molecule has 1 saturated heterocycles. The normalized spacial score (nSPS) is 17.0. The summed E-state index contributed by atoms with van der Waals surface area (Å²) >= 11 is 0. The maximum absolute atomic E-state index is 13.2. The predicted octanol–water partition coefficient (Wildman–Crippen LogP) is 4.73. The van der Waals surface area contributed by atoms with Crippen molar-refractivity contribution in [2.24, 2.45) is 0 Å². The molecule has 7 heteroatoms. The van der Waals surface area contributed by atoms with E-state index in [9.17, 15) is 14.7 Å². The van der Waals surface area contributed by atoms with E-state index in [1.54, 1.807) is 47.6 Å². The van der Waals surface area contributed by atoms with Gasteiger partial charge < -0.3 is 19.6 Å². The number of nitrogens with zero attached hydrogens (tertiary/aromatic N) is 3. The van der Waals surface area contributed by atoms with Crippen LogP contribution in [0.2, 0.25) is 0 Å². The third-order valence-corrected chi connectivity index (χ3v) is 6.80. The van der Waals surface area contributed by atoms with Gasteiger partial charge in [-0.3, -0.25) is 14.6 Å². The molecule has 3 aromatic rings. The van der Waals surface area contributed by atoms with E-state index < -0.39 is 17.7 Å². The highest BCUT2D eigenvalue weighted by atomic mass is 16.5. The number of carbonyl (C=O) groups excluding carboxylic acids is 2. The number of pyridine rings is 1. The van der Waals surface area contributed by atoms with Crippen LogP contribution in [0.25, 0.3) is 5.76 Å².